The summed E-state index contributed by atoms with van der Waals surface area (Å²) < 4.78 is 0. The SMILES string of the molecule is CC(C)CCCCCCCCC1CC(=O)NC(CC(N)=O)C(=O)NC(Cc2ccc(O)cc2)C(=O)NC(CC(N)=O)C(=O)NC(CCC(N)=O)C(=O)N2CCCC2C(=O)NC(CC(N)=O)C(=O)NC(CC(N)=O)C(=O)N1. The summed E-state index contributed by atoms with van der Waals surface area (Å²) in [7, 11) is 0. The maximum atomic E-state index is 14.3. The van der Waals surface area contributed by atoms with Crippen molar-refractivity contribution in [3.05, 3.63) is 29.8 Å². The van der Waals surface area contributed by atoms with Crippen molar-refractivity contribution in [3.63, 3.8) is 0 Å². The first kappa shape index (κ1) is 62.4. The van der Waals surface area contributed by atoms with Crippen LogP contribution in [0.4, 0.5) is 0 Å². The van der Waals surface area contributed by atoms with Gasteiger partial charge in [0.15, 0.2) is 0 Å². The van der Waals surface area contributed by atoms with E-state index in [4.69, 9.17) is 28.7 Å². The van der Waals surface area contributed by atoms with Crippen LogP contribution in [0.5, 0.6) is 5.75 Å². The van der Waals surface area contributed by atoms with Crippen LogP contribution in [0.3, 0.4) is 0 Å². The normalized spacial score (nSPS) is 23.8. The Morgan fingerprint density at radius 3 is 1.47 bits per heavy atom. The number of amides is 13. The van der Waals surface area contributed by atoms with E-state index in [0.29, 0.717) is 24.3 Å². The molecule has 1 aromatic carbocycles. The molecule has 1 aromatic rings. The number of primary amides is 5. The number of aromatic hydroxyl groups is 1. The van der Waals surface area contributed by atoms with Gasteiger partial charge in [-0.15, -0.1) is 0 Å². The highest BCUT2D eigenvalue weighted by molar-refractivity contribution is 6.00. The Hall–Kier alpha value is -7.87. The predicted molar refractivity (Wildman–Crippen MR) is 270 cm³/mol. The molecule has 0 bridgehead atoms. The number of hydrogen-bond acceptors (Lipinski definition) is 14. The summed E-state index contributed by atoms with van der Waals surface area (Å²) in [5.74, 6) is -13.4. The standard InChI is InChI=1S/C49H75N13O14/c1-26(2)10-7-5-3-4-6-8-11-28-21-42(69)56-32(22-38(51)65)45(72)58-31(20-27-13-15-29(63)16-14-27)44(71)60-34(24-40(53)67)46(73)57-30(17-18-37(50)64)49(76)62-19-9-12-36(62)48(75)61-35(25-41(54)68)47(74)59-33(23-39(52)66)43(70)55-28/h13-16,26,28,30-36,63H,3-12,17-25H2,1-2H3,(H2,50,64)(H2,51,65)(H2,52,66)(H2,53,67)(H2,54,68)(H,55,70)(H,56,69)(H,57,73)(H,58,72)(H,59,74)(H,60,71)(H,61,75). The van der Waals surface area contributed by atoms with Gasteiger partial charge in [0.05, 0.1) is 25.7 Å². The van der Waals surface area contributed by atoms with Crippen molar-refractivity contribution < 1.29 is 67.4 Å². The van der Waals surface area contributed by atoms with E-state index in [1.54, 1.807) is 0 Å². The molecule has 76 heavy (non-hydrogen) atoms. The minimum absolute atomic E-state index is 0.0203. The lowest BCUT2D eigenvalue weighted by molar-refractivity contribution is -0.143. The van der Waals surface area contributed by atoms with Crippen LogP contribution < -0.4 is 65.9 Å². The van der Waals surface area contributed by atoms with Crippen LogP contribution in [0.1, 0.15) is 129 Å². The summed E-state index contributed by atoms with van der Waals surface area (Å²) in [5, 5.41) is 26.9. The summed E-state index contributed by atoms with van der Waals surface area (Å²) in [4.78, 5) is 175. The second-order valence-corrected chi connectivity index (χ2v) is 19.7. The van der Waals surface area contributed by atoms with E-state index in [0.717, 1.165) is 37.0 Å². The summed E-state index contributed by atoms with van der Waals surface area (Å²) >= 11 is 0. The average Bonchev–Trinajstić information content (AvgIpc) is 3.82. The van der Waals surface area contributed by atoms with Crippen LogP contribution in [-0.4, -0.2) is 142 Å². The third kappa shape index (κ3) is 22.3. The van der Waals surface area contributed by atoms with Crippen molar-refractivity contribution in [1.82, 2.24) is 42.1 Å². The van der Waals surface area contributed by atoms with Gasteiger partial charge in [0.1, 0.15) is 48.0 Å². The van der Waals surface area contributed by atoms with Crippen molar-refractivity contribution in [3.8, 4) is 5.75 Å². The van der Waals surface area contributed by atoms with Crippen LogP contribution in [0, 0.1) is 5.92 Å². The molecule has 2 saturated heterocycles. The third-order valence-electron chi connectivity index (χ3n) is 12.7. The lowest BCUT2D eigenvalue weighted by Gasteiger charge is -2.31. The number of nitrogens with one attached hydrogen (secondary N) is 7. The van der Waals surface area contributed by atoms with Gasteiger partial charge in [-0.2, -0.15) is 0 Å². The Balaban J connectivity index is 2.17. The molecule has 2 aliphatic heterocycles. The molecular weight excluding hydrogens is 995 g/mol. The Morgan fingerprint density at radius 2 is 0.974 bits per heavy atom. The maximum absolute atomic E-state index is 14.3. The van der Waals surface area contributed by atoms with E-state index < -0.39 is 170 Å². The van der Waals surface area contributed by atoms with Gasteiger partial charge in [0.2, 0.25) is 76.8 Å². The van der Waals surface area contributed by atoms with E-state index in [2.05, 4.69) is 51.1 Å². The number of rotatable bonds is 22. The molecule has 3 rings (SSSR count). The predicted octanol–water partition coefficient (Wildman–Crippen LogP) is -3.73. The van der Waals surface area contributed by atoms with Gasteiger partial charge < -0.3 is 75.9 Å². The smallest absolute Gasteiger partial charge is 0.245 e. The zero-order valence-electron chi connectivity index (χ0n) is 43.0. The van der Waals surface area contributed by atoms with E-state index in [-0.39, 0.29) is 38.0 Å². The van der Waals surface area contributed by atoms with Crippen LogP contribution in [0.15, 0.2) is 24.3 Å². The number of carbonyl (C=O) groups is 13. The molecule has 8 unspecified atom stereocenters. The van der Waals surface area contributed by atoms with Gasteiger partial charge in [-0.25, -0.2) is 0 Å². The molecule has 2 heterocycles. The number of phenolic OH excluding ortho intramolecular Hbond substituents is 1. The summed E-state index contributed by atoms with van der Waals surface area (Å²) in [6.07, 6.45) is 1.03. The van der Waals surface area contributed by atoms with Gasteiger partial charge in [0, 0.05) is 31.8 Å². The third-order valence-corrected chi connectivity index (χ3v) is 12.7. The molecule has 0 spiro atoms. The number of carbonyl (C=O) groups excluding carboxylic acids is 13. The Bertz CT molecular complexity index is 2280. The lowest BCUT2D eigenvalue weighted by Crippen LogP contribution is -2.60. The zero-order valence-corrected chi connectivity index (χ0v) is 43.0. The molecule has 13 amide bonds. The van der Waals surface area contributed by atoms with E-state index in [1.807, 2.05) is 0 Å². The maximum Gasteiger partial charge on any atom is 0.245 e. The van der Waals surface area contributed by atoms with Crippen LogP contribution in [0.2, 0.25) is 0 Å². The number of phenols is 1. The minimum atomic E-state index is -1.87. The molecule has 27 nitrogen and oxygen atoms in total. The zero-order chi connectivity index (χ0) is 56.6. The highest BCUT2D eigenvalue weighted by Crippen LogP contribution is 2.21. The Morgan fingerprint density at radius 1 is 0.539 bits per heavy atom. The summed E-state index contributed by atoms with van der Waals surface area (Å²) in [6, 6.07) is -7.63. The van der Waals surface area contributed by atoms with Gasteiger partial charge in [-0.1, -0.05) is 70.9 Å². The molecule has 0 aromatic heterocycles. The quantitative estimate of drug-likeness (QED) is 0.0497. The van der Waals surface area contributed by atoms with E-state index in [1.165, 1.54) is 24.3 Å². The monoisotopic (exact) mass is 1070 g/mol. The fourth-order valence-corrected chi connectivity index (χ4v) is 8.78. The minimum Gasteiger partial charge on any atom is -0.508 e. The van der Waals surface area contributed by atoms with Crippen LogP contribution in [-0.2, 0) is 68.7 Å². The topological polar surface area (TPSA) is 460 Å². The first-order valence-corrected chi connectivity index (χ1v) is 25.4. The Labute approximate surface area is 439 Å². The van der Waals surface area contributed by atoms with Crippen LogP contribution >= 0.6 is 0 Å². The molecule has 8 atom stereocenters. The average molecular weight is 1070 g/mol. The van der Waals surface area contributed by atoms with Crippen molar-refractivity contribution in [2.45, 2.75) is 178 Å². The second kappa shape index (κ2) is 31.1. The summed E-state index contributed by atoms with van der Waals surface area (Å²) in [6.45, 7) is 4.16. The number of nitrogens with zero attached hydrogens (tertiary/aromatic N) is 1. The van der Waals surface area contributed by atoms with Crippen molar-refractivity contribution in [2.24, 2.45) is 34.6 Å². The number of hydrogen-bond donors (Lipinski definition) is 13. The first-order chi connectivity index (χ1) is 35.8. The van der Waals surface area contributed by atoms with Crippen molar-refractivity contribution in [1.29, 1.82) is 0 Å². The first-order valence-electron chi connectivity index (χ1n) is 25.4. The fraction of sp³-hybridized carbons (Fsp3) is 0.612. The van der Waals surface area contributed by atoms with Crippen molar-refractivity contribution in [2.75, 3.05) is 6.54 Å². The second-order valence-electron chi connectivity index (χ2n) is 19.7. The van der Waals surface area contributed by atoms with E-state index >= 15 is 0 Å². The number of benzene rings is 1. The van der Waals surface area contributed by atoms with Crippen molar-refractivity contribution >= 4 is 76.8 Å². The highest BCUT2D eigenvalue weighted by Gasteiger charge is 2.41. The van der Waals surface area contributed by atoms with Gasteiger partial charge in [-0.05, 0) is 49.3 Å². The number of nitrogens with two attached hydrogens (primary N) is 5. The van der Waals surface area contributed by atoms with Gasteiger partial charge >= 0.3 is 0 Å². The lowest BCUT2D eigenvalue weighted by atomic mass is 10.0. The van der Waals surface area contributed by atoms with Crippen LogP contribution in [0.25, 0.3) is 0 Å². The molecular formula is C49H75N13O14. The number of fused-ring (bicyclic) bond motifs is 1. The molecule has 0 aliphatic carbocycles. The Kier molecular flexibility index (Phi) is 25.6. The molecule has 0 saturated carbocycles. The molecule has 27 heteroatoms. The molecule has 2 fully saturated rings. The molecule has 0 radical (unpaired) electrons. The van der Waals surface area contributed by atoms with Gasteiger partial charge in [0.25, 0.3) is 0 Å². The molecule has 18 N–H and O–H groups in total. The fourth-order valence-electron chi connectivity index (χ4n) is 8.78. The van der Waals surface area contributed by atoms with E-state index in [9.17, 15) is 67.4 Å². The largest absolute Gasteiger partial charge is 0.508 e. The number of unbranched alkanes of at least 4 members (excludes halogenated alkanes) is 5. The highest BCUT2D eigenvalue weighted by atomic mass is 16.3. The summed E-state index contributed by atoms with van der Waals surface area (Å²) in [5.41, 5.74) is 27.7. The molecule has 2 aliphatic rings. The molecule has 420 valence electrons. The van der Waals surface area contributed by atoms with Gasteiger partial charge in [-0.3, -0.25) is 62.3 Å².